The molecule has 4 aromatic rings. The predicted molar refractivity (Wildman–Crippen MR) is 120 cm³/mol. The molecule has 0 radical (unpaired) electrons. The third kappa shape index (κ3) is 3.20. The fraction of sp³-hybridized carbons (Fsp3) is 0.167. The third-order valence-corrected chi connectivity index (χ3v) is 6.62. The first-order chi connectivity index (χ1) is 15.5. The Morgan fingerprint density at radius 1 is 1.00 bits per heavy atom. The summed E-state index contributed by atoms with van der Waals surface area (Å²) in [5.41, 5.74) is 2.22. The summed E-state index contributed by atoms with van der Waals surface area (Å²) in [6.07, 6.45) is 0. The van der Waals surface area contributed by atoms with Gasteiger partial charge in [0.15, 0.2) is 5.54 Å². The maximum atomic E-state index is 13.8. The average molecular weight is 445 g/mol. The van der Waals surface area contributed by atoms with Crippen molar-refractivity contribution in [2.75, 3.05) is 0 Å². The predicted octanol–water partition coefficient (Wildman–Crippen LogP) is 4.41. The first-order valence-electron chi connectivity index (χ1n) is 10.1. The smallest absolute Gasteiger partial charge is 0.326 e. The van der Waals surface area contributed by atoms with Gasteiger partial charge >= 0.3 is 6.03 Å². The number of hydrogen-bond donors (Lipinski definition) is 1. The van der Waals surface area contributed by atoms with Crippen molar-refractivity contribution in [2.24, 2.45) is 0 Å². The van der Waals surface area contributed by atoms with E-state index >= 15 is 0 Å². The van der Waals surface area contributed by atoms with Gasteiger partial charge in [-0.2, -0.15) is 4.98 Å². The first kappa shape index (κ1) is 20.1. The van der Waals surface area contributed by atoms with Crippen LogP contribution in [0, 0.1) is 13.8 Å². The molecule has 1 atom stereocenters. The van der Waals surface area contributed by atoms with Crippen LogP contribution in [-0.4, -0.2) is 27.0 Å². The van der Waals surface area contributed by atoms with Gasteiger partial charge in [-0.05, 0) is 47.5 Å². The Bertz CT molecular complexity index is 1300. The second kappa shape index (κ2) is 7.72. The van der Waals surface area contributed by atoms with Crippen molar-refractivity contribution >= 4 is 23.3 Å². The Balaban J connectivity index is 1.54. The number of imide groups is 1. The van der Waals surface area contributed by atoms with Crippen molar-refractivity contribution in [1.82, 2.24) is 20.4 Å². The highest BCUT2D eigenvalue weighted by atomic mass is 32.1. The second-order valence-corrected chi connectivity index (χ2v) is 8.67. The number of benzene rings is 2. The van der Waals surface area contributed by atoms with E-state index in [1.807, 2.05) is 79.9 Å². The Kier molecular flexibility index (Phi) is 4.86. The lowest BCUT2D eigenvalue weighted by molar-refractivity contribution is -0.130. The van der Waals surface area contributed by atoms with Gasteiger partial charge in [-0.15, -0.1) is 11.3 Å². The Morgan fingerprint density at radius 3 is 2.53 bits per heavy atom. The molecule has 2 aromatic carbocycles. The fourth-order valence-electron chi connectivity index (χ4n) is 3.90. The van der Waals surface area contributed by atoms with Crippen LogP contribution in [0.5, 0.6) is 0 Å². The molecule has 1 fully saturated rings. The van der Waals surface area contributed by atoms with Gasteiger partial charge in [0.25, 0.3) is 5.91 Å². The lowest BCUT2D eigenvalue weighted by Crippen LogP contribution is -2.45. The monoisotopic (exact) mass is 444 g/mol. The topological polar surface area (TPSA) is 88.3 Å². The van der Waals surface area contributed by atoms with Gasteiger partial charge in [-0.25, -0.2) is 4.79 Å². The number of amides is 3. The maximum Gasteiger partial charge on any atom is 0.326 e. The summed E-state index contributed by atoms with van der Waals surface area (Å²) in [4.78, 5) is 33.2. The van der Waals surface area contributed by atoms with E-state index in [4.69, 9.17) is 4.52 Å². The number of aryl methyl sites for hydroxylation is 2. The molecule has 1 N–H and O–H groups in total. The normalized spacial score (nSPS) is 18.2. The third-order valence-electron chi connectivity index (χ3n) is 5.76. The van der Waals surface area contributed by atoms with E-state index in [2.05, 4.69) is 15.5 Å². The molecule has 1 saturated heterocycles. The lowest BCUT2D eigenvalue weighted by Gasteiger charge is -2.28. The minimum absolute atomic E-state index is 0.109. The Morgan fingerprint density at radius 2 is 1.81 bits per heavy atom. The van der Waals surface area contributed by atoms with Gasteiger partial charge in [0.1, 0.15) is 6.54 Å². The summed E-state index contributed by atoms with van der Waals surface area (Å²) in [5.74, 6) is 0.249. The summed E-state index contributed by atoms with van der Waals surface area (Å²) < 4.78 is 5.33. The molecule has 0 bridgehead atoms. The quantitative estimate of drug-likeness (QED) is 0.461. The van der Waals surface area contributed by atoms with Crippen LogP contribution >= 0.6 is 11.3 Å². The number of urea groups is 1. The van der Waals surface area contributed by atoms with E-state index in [9.17, 15) is 9.59 Å². The van der Waals surface area contributed by atoms with Crippen LogP contribution < -0.4 is 5.32 Å². The van der Waals surface area contributed by atoms with Gasteiger partial charge in [0, 0.05) is 0 Å². The molecule has 3 heterocycles. The van der Waals surface area contributed by atoms with E-state index in [-0.39, 0.29) is 18.3 Å². The summed E-state index contributed by atoms with van der Waals surface area (Å²) in [5, 5.41) is 8.85. The highest BCUT2D eigenvalue weighted by Gasteiger charge is 2.54. The average Bonchev–Trinajstić information content (AvgIpc) is 3.54. The molecule has 1 aliphatic rings. The first-order valence-corrected chi connectivity index (χ1v) is 11.0. The largest absolute Gasteiger partial charge is 0.337 e. The van der Waals surface area contributed by atoms with Crippen LogP contribution in [0.2, 0.25) is 0 Å². The number of rotatable bonds is 5. The van der Waals surface area contributed by atoms with Crippen LogP contribution in [0.3, 0.4) is 0 Å². The number of nitrogens with zero attached hydrogens (tertiary/aromatic N) is 3. The zero-order valence-corrected chi connectivity index (χ0v) is 18.3. The Hall–Kier alpha value is -3.78. The van der Waals surface area contributed by atoms with E-state index in [1.165, 1.54) is 11.3 Å². The van der Waals surface area contributed by atoms with Gasteiger partial charge in [-0.3, -0.25) is 9.69 Å². The molecule has 8 heteroatoms. The van der Waals surface area contributed by atoms with Crippen molar-refractivity contribution in [3.05, 3.63) is 94.2 Å². The molecule has 1 aliphatic heterocycles. The number of carbonyl (C=O) groups excluding carboxylic acids is 2. The van der Waals surface area contributed by atoms with Crippen LogP contribution in [0.15, 0.2) is 70.6 Å². The number of thiophene rings is 1. The molecule has 0 aliphatic carbocycles. The summed E-state index contributed by atoms with van der Waals surface area (Å²) in [6.45, 7) is 3.89. The molecule has 32 heavy (non-hydrogen) atoms. The second-order valence-electron chi connectivity index (χ2n) is 7.73. The van der Waals surface area contributed by atoms with Crippen LogP contribution in [-0.2, 0) is 16.9 Å². The molecule has 5 rings (SSSR count). The van der Waals surface area contributed by atoms with Gasteiger partial charge in [0.2, 0.25) is 11.7 Å². The number of hydrogen-bond acceptors (Lipinski definition) is 6. The Labute approximate surface area is 188 Å². The zero-order chi connectivity index (χ0) is 22.3. The van der Waals surface area contributed by atoms with Gasteiger partial charge < -0.3 is 9.84 Å². The summed E-state index contributed by atoms with van der Waals surface area (Å²) >= 11 is 1.49. The number of carbonyl (C=O) groups is 2. The van der Waals surface area contributed by atoms with Gasteiger partial charge in [-0.1, -0.05) is 59.8 Å². The van der Waals surface area contributed by atoms with E-state index < -0.39 is 11.6 Å². The molecule has 0 unspecified atom stereocenters. The molecule has 2 aromatic heterocycles. The van der Waals surface area contributed by atoms with Crippen LogP contribution in [0.1, 0.15) is 28.1 Å². The fourth-order valence-corrected chi connectivity index (χ4v) is 4.55. The highest BCUT2D eigenvalue weighted by molar-refractivity contribution is 7.13. The van der Waals surface area contributed by atoms with Crippen molar-refractivity contribution in [1.29, 1.82) is 0 Å². The summed E-state index contributed by atoms with van der Waals surface area (Å²) in [7, 11) is 0. The van der Waals surface area contributed by atoms with Crippen LogP contribution in [0.4, 0.5) is 4.79 Å². The van der Waals surface area contributed by atoms with Gasteiger partial charge in [0.05, 0.1) is 4.88 Å². The van der Waals surface area contributed by atoms with Crippen molar-refractivity contribution < 1.29 is 14.1 Å². The molecule has 3 amide bonds. The van der Waals surface area contributed by atoms with Crippen molar-refractivity contribution in [3.63, 3.8) is 0 Å². The van der Waals surface area contributed by atoms with Crippen molar-refractivity contribution in [2.45, 2.75) is 25.9 Å². The molecule has 0 saturated carbocycles. The molecule has 0 spiro atoms. The van der Waals surface area contributed by atoms with Crippen LogP contribution in [0.25, 0.3) is 10.7 Å². The SMILES string of the molecule is Cc1ccc([C@@]2(c3ccccc3)NC(=O)N(Cc3nc(-c4cccs4)no3)C2=O)cc1C. The van der Waals surface area contributed by atoms with E-state index in [0.717, 1.165) is 20.9 Å². The number of nitrogens with one attached hydrogen (secondary N) is 1. The summed E-state index contributed by atoms with van der Waals surface area (Å²) in [6, 6.07) is 18.3. The zero-order valence-electron chi connectivity index (χ0n) is 17.5. The molecular formula is C24H20N4O3S. The van der Waals surface area contributed by atoms with Crippen molar-refractivity contribution in [3.8, 4) is 10.7 Å². The maximum absolute atomic E-state index is 13.8. The minimum atomic E-state index is -1.33. The van der Waals surface area contributed by atoms with E-state index in [1.54, 1.807) is 0 Å². The molecule has 160 valence electrons. The highest BCUT2D eigenvalue weighted by Crippen LogP contribution is 2.37. The minimum Gasteiger partial charge on any atom is -0.337 e. The lowest BCUT2D eigenvalue weighted by atomic mass is 9.81. The van der Waals surface area contributed by atoms with E-state index in [0.29, 0.717) is 17.0 Å². The number of aromatic nitrogens is 2. The molecular weight excluding hydrogens is 424 g/mol. The standard InChI is InChI=1S/C24H20N4O3S/c1-15-10-11-18(13-16(15)2)24(17-7-4-3-5-8-17)22(29)28(23(30)26-24)14-20-25-21(27-31-20)19-9-6-12-32-19/h3-13H,14H2,1-2H3,(H,26,30)/t24-/m1/s1. The molecule has 7 nitrogen and oxygen atoms in total.